The van der Waals surface area contributed by atoms with Crippen molar-refractivity contribution in [3.05, 3.63) is 58.7 Å². The number of anilines is 2. The van der Waals surface area contributed by atoms with Crippen LogP contribution in [-0.4, -0.2) is 0 Å². The summed E-state index contributed by atoms with van der Waals surface area (Å²) in [6.45, 7) is 18.9. The van der Waals surface area contributed by atoms with E-state index in [4.69, 9.17) is 0 Å². The zero-order chi connectivity index (χ0) is 24.1. The fraction of sp³-hybridized carbons (Fsp3) is 0.562. The molecule has 2 aromatic rings. The van der Waals surface area contributed by atoms with E-state index in [0.717, 1.165) is 23.7 Å². The van der Waals surface area contributed by atoms with Crippen LogP contribution in [0.15, 0.2) is 36.4 Å². The van der Waals surface area contributed by atoms with E-state index < -0.39 is 0 Å². The highest BCUT2D eigenvalue weighted by Crippen LogP contribution is 2.36. The summed E-state index contributed by atoms with van der Waals surface area (Å²) in [4.78, 5) is 0. The first-order valence-corrected chi connectivity index (χ1v) is 13.3. The zero-order valence-corrected chi connectivity index (χ0v) is 22.4. The highest BCUT2D eigenvalue weighted by Gasteiger charge is 2.17. The van der Waals surface area contributed by atoms with Crippen LogP contribution in [0.1, 0.15) is 115 Å². The molecule has 0 fully saturated rings. The van der Waals surface area contributed by atoms with Crippen LogP contribution in [0.25, 0.3) is 12.2 Å². The Kier molecular flexibility index (Phi) is 8.85. The molecule has 0 amide bonds. The molecule has 33 heavy (non-hydrogen) atoms. The van der Waals surface area contributed by atoms with Crippen molar-refractivity contribution in [1.29, 1.82) is 0 Å². The van der Waals surface area contributed by atoms with Crippen molar-refractivity contribution >= 4 is 23.5 Å². The first-order chi connectivity index (χ1) is 15.6. The predicted octanol–water partition coefficient (Wildman–Crippen LogP) is 10.3. The molecule has 1 heteroatoms. The second-order valence-electron chi connectivity index (χ2n) is 11.9. The average Bonchev–Trinajstić information content (AvgIpc) is 2.90. The van der Waals surface area contributed by atoms with Gasteiger partial charge in [-0.2, -0.15) is 0 Å². The Bertz CT molecular complexity index is 860. The molecule has 0 radical (unpaired) electrons. The van der Waals surface area contributed by atoms with Gasteiger partial charge in [-0.15, -0.1) is 0 Å². The SMILES string of the molecule is CC(C)CC(C)CC(C)c1ccc2c(c1)C=Cc1cc(C(C)CC(C)CC(C)C)ccc1N2. The standard InChI is InChI=1S/C32H47N/c1-21(2)15-23(5)17-25(7)27-11-13-31-29(19-27)9-10-30-20-28(12-14-32(30)33-31)26(8)18-24(6)16-22(3)4/h9-14,19-26,33H,15-18H2,1-8H3. The quantitative estimate of drug-likeness (QED) is 0.327. The minimum Gasteiger partial charge on any atom is -0.355 e. The summed E-state index contributed by atoms with van der Waals surface area (Å²) in [6, 6.07) is 14.0. The van der Waals surface area contributed by atoms with Crippen molar-refractivity contribution in [2.75, 3.05) is 5.32 Å². The van der Waals surface area contributed by atoms with E-state index in [0.29, 0.717) is 11.8 Å². The number of nitrogens with one attached hydrogen (secondary N) is 1. The molecule has 1 nitrogen and oxygen atoms in total. The molecule has 1 aliphatic heterocycles. The smallest absolute Gasteiger partial charge is 0.0458 e. The van der Waals surface area contributed by atoms with E-state index in [-0.39, 0.29) is 0 Å². The van der Waals surface area contributed by atoms with Crippen LogP contribution >= 0.6 is 0 Å². The summed E-state index contributed by atoms with van der Waals surface area (Å²) in [7, 11) is 0. The van der Waals surface area contributed by atoms with Crippen LogP contribution in [0.4, 0.5) is 11.4 Å². The summed E-state index contributed by atoms with van der Waals surface area (Å²) >= 11 is 0. The molecule has 3 rings (SSSR count). The lowest BCUT2D eigenvalue weighted by Crippen LogP contribution is -2.06. The third kappa shape index (κ3) is 7.23. The first kappa shape index (κ1) is 25.6. The van der Waals surface area contributed by atoms with Gasteiger partial charge in [0.2, 0.25) is 0 Å². The molecule has 1 N–H and O–H groups in total. The van der Waals surface area contributed by atoms with Crippen molar-refractivity contribution in [3.8, 4) is 0 Å². The molecule has 4 atom stereocenters. The van der Waals surface area contributed by atoms with Gasteiger partial charge in [0.1, 0.15) is 0 Å². The normalized spacial score (nSPS) is 16.5. The van der Waals surface area contributed by atoms with Gasteiger partial charge < -0.3 is 5.32 Å². The minimum absolute atomic E-state index is 0.586. The van der Waals surface area contributed by atoms with Gasteiger partial charge in [0, 0.05) is 11.4 Å². The van der Waals surface area contributed by atoms with Crippen molar-refractivity contribution < 1.29 is 0 Å². The third-order valence-corrected chi connectivity index (χ3v) is 7.26. The summed E-state index contributed by atoms with van der Waals surface area (Å²) in [6.07, 6.45) is 9.73. The van der Waals surface area contributed by atoms with Crippen LogP contribution in [-0.2, 0) is 0 Å². The Hall–Kier alpha value is -2.02. The Morgan fingerprint density at radius 3 is 1.30 bits per heavy atom. The fourth-order valence-corrected chi connectivity index (χ4v) is 5.88. The lowest BCUT2D eigenvalue weighted by atomic mass is 9.86. The van der Waals surface area contributed by atoms with Crippen LogP contribution in [0.3, 0.4) is 0 Å². The molecular formula is C32H47N. The maximum Gasteiger partial charge on any atom is 0.0458 e. The molecule has 0 bridgehead atoms. The molecule has 0 spiro atoms. The maximum atomic E-state index is 3.71. The molecule has 0 aromatic heterocycles. The van der Waals surface area contributed by atoms with Crippen molar-refractivity contribution in [2.45, 2.75) is 92.9 Å². The molecule has 0 aliphatic carbocycles. The summed E-state index contributed by atoms with van der Waals surface area (Å²) < 4.78 is 0. The number of hydrogen-bond acceptors (Lipinski definition) is 1. The number of benzene rings is 2. The van der Waals surface area contributed by atoms with Crippen LogP contribution in [0.5, 0.6) is 0 Å². The van der Waals surface area contributed by atoms with Gasteiger partial charge in [0.05, 0.1) is 0 Å². The van der Waals surface area contributed by atoms with Gasteiger partial charge in [-0.25, -0.2) is 0 Å². The van der Waals surface area contributed by atoms with Crippen molar-refractivity contribution in [2.24, 2.45) is 23.7 Å². The maximum absolute atomic E-state index is 3.71. The Balaban J connectivity index is 1.74. The predicted molar refractivity (Wildman–Crippen MR) is 148 cm³/mol. The highest BCUT2D eigenvalue weighted by molar-refractivity contribution is 5.88. The second-order valence-corrected chi connectivity index (χ2v) is 11.9. The fourth-order valence-electron chi connectivity index (χ4n) is 5.88. The first-order valence-electron chi connectivity index (χ1n) is 13.3. The molecule has 1 heterocycles. The van der Waals surface area contributed by atoms with Gasteiger partial charge in [-0.05, 0) is 108 Å². The van der Waals surface area contributed by atoms with Gasteiger partial charge in [-0.3, -0.25) is 0 Å². The van der Waals surface area contributed by atoms with E-state index in [2.05, 4.69) is 109 Å². The number of fused-ring (bicyclic) bond motifs is 2. The Morgan fingerprint density at radius 1 is 0.545 bits per heavy atom. The summed E-state index contributed by atoms with van der Waals surface area (Å²) in [5.74, 6) is 4.25. The topological polar surface area (TPSA) is 12.0 Å². The molecule has 0 saturated heterocycles. The van der Waals surface area contributed by atoms with Crippen LogP contribution in [0, 0.1) is 23.7 Å². The largest absolute Gasteiger partial charge is 0.355 e. The monoisotopic (exact) mass is 445 g/mol. The Labute approximate surface area is 204 Å². The van der Waals surface area contributed by atoms with Gasteiger partial charge in [0.25, 0.3) is 0 Å². The second kappa shape index (κ2) is 11.4. The minimum atomic E-state index is 0.586. The van der Waals surface area contributed by atoms with Gasteiger partial charge >= 0.3 is 0 Å². The van der Waals surface area contributed by atoms with E-state index >= 15 is 0 Å². The van der Waals surface area contributed by atoms with Crippen molar-refractivity contribution in [3.63, 3.8) is 0 Å². The number of hydrogen-bond donors (Lipinski definition) is 1. The average molecular weight is 446 g/mol. The summed E-state index contributed by atoms with van der Waals surface area (Å²) in [5.41, 5.74) is 7.93. The van der Waals surface area contributed by atoms with Gasteiger partial charge in [-0.1, -0.05) is 79.7 Å². The molecule has 180 valence electrons. The van der Waals surface area contributed by atoms with Gasteiger partial charge in [0.15, 0.2) is 0 Å². The number of rotatable bonds is 10. The molecule has 4 unspecified atom stereocenters. The lowest BCUT2D eigenvalue weighted by Gasteiger charge is -2.21. The molecule has 1 aliphatic rings. The third-order valence-electron chi connectivity index (χ3n) is 7.26. The van der Waals surface area contributed by atoms with E-state index in [1.807, 2.05) is 0 Å². The highest BCUT2D eigenvalue weighted by atomic mass is 14.9. The van der Waals surface area contributed by atoms with E-state index in [9.17, 15) is 0 Å². The van der Waals surface area contributed by atoms with E-state index in [1.54, 1.807) is 0 Å². The molecule has 0 saturated carbocycles. The van der Waals surface area contributed by atoms with E-state index in [1.165, 1.54) is 59.3 Å². The van der Waals surface area contributed by atoms with Crippen LogP contribution < -0.4 is 5.32 Å². The molecule has 2 aromatic carbocycles. The molecular weight excluding hydrogens is 398 g/mol. The Morgan fingerprint density at radius 2 is 0.939 bits per heavy atom. The lowest BCUT2D eigenvalue weighted by molar-refractivity contribution is 0.392. The van der Waals surface area contributed by atoms with Crippen LogP contribution in [0.2, 0.25) is 0 Å². The zero-order valence-electron chi connectivity index (χ0n) is 22.4. The van der Waals surface area contributed by atoms with Crippen molar-refractivity contribution in [1.82, 2.24) is 0 Å². The summed E-state index contributed by atoms with van der Waals surface area (Å²) in [5, 5.41) is 3.71.